The van der Waals surface area contributed by atoms with Crippen LogP contribution in [0.25, 0.3) is 0 Å². The quantitative estimate of drug-likeness (QED) is 0.877. The van der Waals surface area contributed by atoms with E-state index >= 15 is 0 Å². The first-order chi connectivity index (χ1) is 8.65. The van der Waals surface area contributed by atoms with Crippen LogP contribution in [0.15, 0.2) is 30.3 Å². The molecule has 1 nitrogen and oxygen atoms in total. The summed E-state index contributed by atoms with van der Waals surface area (Å²) in [7, 11) is 1.94. The molecule has 2 aromatic rings. The van der Waals surface area contributed by atoms with Crippen molar-refractivity contribution in [3.8, 4) is 0 Å². The summed E-state index contributed by atoms with van der Waals surface area (Å²) < 4.78 is 13.2. The maximum Gasteiger partial charge on any atom is 0.123 e. The molecule has 1 aromatic heterocycles. The van der Waals surface area contributed by atoms with Gasteiger partial charge in [-0.1, -0.05) is 13.0 Å². The molecule has 0 radical (unpaired) electrons. The van der Waals surface area contributed by atoms with Crippen LogP contribution in [0.3, 0.4) is 0 Å². The minimum absolute atomic E-state index is 0.149. The van der Waals surface area contributed by atoms with Crippen molar-refractivity contribution in [3.63, 3.8) is 0 Å². The number of halogens is 1. The Balaban J connectivity index is 2.38. The average Bonchev–Trinajstić information content (AvgIpc) is 2.81. The van der Waals surface area contributed by atoms with E-state index in [2.05, 4.69) is 24.4 Å². The summed E-state index contributed by atoms with van der Waals surface area (Å²) >= 11 is 1.82. The highest BCUT2D eigenvalue weighted by Gasteiger charge is 2.16. The number of nitrogens with one attached hydrogen (secondary N) is 1. The first-order valence-electron chi connectivity index (χ1n) is 6.17. The van der Waals surface area contributed by atoms with Gasteiger partial charge in [-0.2, -0.15) is 0 Å². The van der Waals surface area contributed by atoms with Gasteiger partial charge in [0.2, 0.25) is 0 Å². The molecule has 0 spiro atoms. The summed E-state index contributed by atoms with van der Waals surface area (Å²) in [5, 5.41) is 3.32. The number of aryl methyl sites for hydroxylation is 2. The van der Waals surface area contributed by atoms with Gasteiger partial charge in [-0.15, -0.1) is 11.3 Å². The zero-order valence-electron chi connectivity index (χ0n) is 11.0. The van der Waals surface area contributed by atoms with Crippen molar-refractivity contribution >= 4 is 11.3 Å². The van der Waals surface area contributed by atoms with Crippen molar-refractivity contribution in [2.45, 2.75) is 26.3 Å². The lowest BCUT2D eigenvalue weighted by atomic mass is 10.00. The van der Waals surface area contributed by atoms with Crippen LogP contribution in [0.4, 0.5) is 4.39 Å². The molecule has 2 rings (SSSR count). The highest BCUT2D eigenvalue weighted by Crippen LogP contribution is 2.30. The molecule has 0 aliphatic heterocycles. The lowest BCUT2D eigenvalue weighted by Crippen LogP contribution is -2.17. The minimum Gasteiger partial charge on any atom is -0.309 e. The van der Waals surface area contributed by atoms with E-state index in [1.165, 1.54) is 15.8 Å². The molecule has 0 amide bonds. The second kappa shape index (κ2) is 5.63. The van der Waals surface area contributed by atoms with E-state index in [1.54, 1.807) is 6.07 Å². The Hall–Kier alpha value is -1.19. The molecule has 0 saturated heterocycles. The molecule has 3 heteroatoms. The van der Waals surface area contributed by atoms with Crippen LogP contribution in [0.5, 0.6) is 0 Å². The minimum atomic E-state index is -0.175. The van der Waals surface area contributed by atoms with Gasteiger partial charge in [0.15, 0.2) is 0 Å². The van der Waals surface area contributed by atoms with Crippen molar-refractivity contribution < 1.29 is 4.39 Å². The Morgan fingerprint density at radius 1 is 1.28 bits per heavy atom. The van der Waals surface area contributed by atoms with E-state index in [9.17, 15) is 4.39 Å². The fourth-order valence-corrected chi connectivity index (χ4v) is 3.24. The maximum absolute atomic E-state index is 13.2. The second-order valence-electron chi connectivity index (χ2n) is 4.38. The van der Waals surface area contributed by atoms with Gasteiger partial charge in [0.1, 0.15) is 5.82 Å². The van der Waals surface area contributed by atoms with Gasteiger partial charge >= 0.3 is 0 Å². The summed E-state index contributed by atoms with van der Waals surface area (Å²) in [6.07, 6.45) is 1.06. The van der Waals surface area contributed by atoms with Gasteiger partial charge in [-0.25, -0.2) is 4.39 Å². The van der Waals surface area contributed by atoms with Gasteiger partial charge in [-0.05, 0) is 55.8 Å². The Morgan fingerprint density at radius 3 is 2.61 bits per heavy atom. The van der Waals surface area contributed by atoms with Gasteiger partial charge < -0.3 is 5.32 Å². The van der Waals surface area contributed by atoms with E-state index in [4.69, 9.17) is 0 Å². The predicted octanol–water partition coefficient (Wildman–Crippen LogP) is 4.07. The molecule has 1 aromatic carbocycles. The summed E-state index contributed by atoms with van der Waals surface area (Å²) in [6, 6.07) is 9.47. The molecule has 0 bridgehead atoms. The van der Waals surface area contributed by atoms with E-state index in [0.717, 1.165) is 17.5 Å². The van der Waals surface area contributed by atoms with Crippen LogP contribution in [0.1, 0.15) is 33.8 Å². The summed E-state index contributed by atoms with van der Waals surface area (Å²) in [5.41, 5.74) is 2.13. The molecule has 0 aliphatic rings. The van der Waals surface area contributed by atoms with Gasteiger partial charge in [0.25, 0.3) is 0 Å². The van der Waals surface area contributed by atoms with Crippen LogP contribution in [0.2, 0.25) is 0 Å². The van der Waals surface area contributed by atoms with Gasteiger partial charge in [0, 0.05) is 9.75 Å². The van der Waals surface area contributed by atoms with Crippen molar-refractivity contribution in [1.29, 1.82) is 0 Å². The Kier molecular flexibility index (Phi) is 4.15. The zero-order chi connectivity index (χ0) is 13.1. The lowest BCUT2D eigenvalue weighted by Gasteiger charge is -2.17. The predicted molar refractivity (Wildman–Crippen MR) is 75.7 cm³/mol. The van der Waals surface area contributed by atoms with Crippen LogP contribution in [-0.4, -0.2) is 7.05 Å². The molecule has 0 saturated carbocycles. The molecule has 1 N–H and O–H groups in total. The van der Waals surface area contributed by atoms with Crippen LogP contribution in [0, 0.1) is 12.7 Å². The normalized spacial score (nSPS) is 12.7. The molecule has 1 unspecified atom stereocenters. The summed E-state index contributed by atoms with van der Waals surface area (Å²) in [4.78, 5) is 2.66. The molecular formula is C15H18FNS. The molecule has 1 atom stereocenters. The highest BCUT2D eigenvalue weighted by atomic mass is 32.1. The maximum atomic E-state index is 13.2. The first-order valence-corrected chi connectivity index (χ1v) is 6.99. The van der Waals surface area contributed by atoms with E-state index < -0.39 is 0 Å². The Bertz CT molecular complexity index is 533. The van der Waals surface area contributed by atoms with E-state index in [1.807, 2.05) is 31.4 Å². The Morgan fingerprint density at radius 2 is 2.06 bits per heavy atom. The molecule has 0 fully saturated rings. The SMILES string of the molecule is CCc1ccc(C(NC)c2ccc(F)cc2C)s1. The number of hydrogen-bond acceptors (Lipinski definition) is 2. The number of hydrogen-bond donors (Lipinski definition) is 1. The van der Waals surface area contributed by atoms with Gasteiger partial charge in [-0.3, -0.25) is 0 Å². The van der Waals surface area contributed by atoms with Crippen molar-refractivity contribution in [2.75, 3.05) is 7.05 Å². The smallest absolute Gasteiger partial charge is 0.123 e. The molecular weight excluding hydrogens is 245 g/mol. The number of rotatable bonds is 4. The topological polar surface area (TPSA) is 12.0 Å². The summed E-state index contributed by atoms with van der Waals surface area (Å²) in [6.45, 7) is 4.12. The van der Waals surface area contributed by atoms with Crippen LogP contribution >= 0.6 is 11.3 Å². The average molecular weight is 263 g/mol. The molecule has 1 heterocycles. The molecule has 18 heavy (non-hydrogen) atoms. The van der Waals surface area contributed by atoms with Crippen molar-refractivity contribution in [1.82, 2.24) is 5.32 Å². The zero-order valence-corrected chi connectivity index (χ0v) is 11.8. The van der Waals surface area contributed by atoms with Crippen molar-refractivity contribution in [3.05, 3.63) is 57.0 Å². The third-order valence-corrected chi connectivity index (χ3v) is 4.44. The molecule has 0 aliphatic carbocycles. The number of thiophene rings is 1. The monoisotopic (exact) mass is 263 g/mol. The van der Waals surface area contributed by atoms with E-state index in [-0.39, 0.29) is 11.9 Å². The van der Waals surface area contributed by atoms with Gasteiger partial charge in [0.05, 0.1) is 6.04 Å². The summed E-state index contributed by atoms with van der Waals surface area (Å²) in [5.74, 6) is -0.175. The Labute approximate surface area is 112 Å². The molecule has 96 valence electrons. The van der Waals surface area contributed by atoms with E-state index in [0.29, 0.717) is 0 Å². The van der Waals surface area contributed by atoms with Crippen molar-refractivity contribution in [2.24, 2.45) is 0 Å². The third kappa shape index (κ3) is 2.62. The second-order valence-corrected chi connectivity index (χ2v) is 5.58. The highest BCUT2D eigenvalue weighted by molar-refractivity contribution is 7.12. The standard InChI is InChI=1S/C15H18FNS/c1-4-12-6-8-14(18-12)15(17-3)13-7-5-11(16)9-10(13)2/h5-9,15,17H,4H2,1-3H3. The first kappa shape index (κ1) is 13.2. The lowest BCUT2D eigenvalue weighted by molar-refractivity contribution is 0.622. The fourth-order valence-electron chi connectivity index (χ4n) is 2.15. The van der Waals surface area contributed by atoms with Crippen LogP contribution < -0.4 is 5.32 Å². The fraction of sp³-hybridized carbons (Fsp3) is 0.333. The van der Waals surface area contributed by atoms with Crippen LogP contribution in [-0.2, 0) is 6.42 Å². The third-order valence-electron chi connectivity index (χ3n) is 3.15. The largest absolute Gasteiger partial charge is 0.309 e. The number of benzene rings is 1.